The van der Waals surface area contributed by atoms with E-state index in [-0.39, 0.29) is 32.5 Å². The minimum atomic E-state index is -4.38. The van der Waals surface area contributed by atoms with Crippen molar-refractivity contribution in [3.63, 3.8) is 0 Å². The van der Waals surface area contributed by atoms with Crippen LogP contribution in [0.3, 0.4) is 0 Å². The molecule has 0 radical (unpaired) electrons. The van der Waals surface area contributed by atoms with Crippen LogP contribution in [0.2, 0.25) is 30.1 Å². The lowest BCUT2D eigenvalue weighted by Gasteiger charge is -2.12. The molecule has 0 aromatic heterocycles. The molecule has 105 heavy (non-hydrogen) atoms. The molecule has 6 heterocycles. The number of hydrogen-bond acceptors (Lipinski definition) is 12. The van der Waals surface area contributed by atoms with Gasteiger partial charge in [0.1, 0.15) is 34.5 Å². The zero-order valence-corrected chi connectivity index (χ0v) is 61.4. The third-order valence-electron chi connectivity index (χ3n) is 16.1. The molecule has 9 aromatic carbocycles. The Morgan fingerprint density at radius 3 is 0.695 bits per heavy atom. The summed E-state index contributed by atoms with van der Waals surface area (Å²) in [4.78, 5) is 0. The third-order valence-corrected chi connectivity index (χ3v) is 17.4. The molecule has 12 nitrogen and oxygen atoms in total. The zero-order valence-electron chi connectivity index (χ0n) is 56.8. The topological polar surface area (TPSA) is 111 Å². The van der Waals surface area contributed by atoms with E-state index in [0.29, 0.717) is 106 Å². The lowest BCUT2D eigenvalue weighted by Crippen LogP contribution is -2.39. The molecule has 6 aliphatic rings. The van der Waals surface area contributed by atoms with Crippen molar-refractivity contribution < 1.29 is 95.4 Å². The van der Waals surface area contributed by atoms with Crippen LogP contribution >= 0.6 is 69.6 Å². The summed E-state index contributed by atoms with van der Waals surface area (Å²) in [6, 6.07) is 48.9. The van der Waals surface area contributed by atoms with E-state index in [2.05, 4.69) is 13.8 Å². The summed E-state index contributed by atoms with van der Waals surface area (Å²) in [6.07, 6.45) is -10.1. The Hall–Kier alpha value is -6.96. The summed E-state index contributed by atoms with van der Waals surface area (Å²) in [6.45, 7) is 12.6. The minimum Gasteiger partial charge on any atom is -0.519 e. The molecule has 9 aromatic rings. The van der Waals surface area contributed by atoms with E-state index in [4.69, 9.17) is 125 Å². The Morgan fingerprint density at radius 1 is 0.295 bits per heavy atom. The van der Waals surface area contributed by atoms with Crippen LogP contribution in [-0.2, 0) is 46.5 Å². The number of benzene rings is 9. The van der Waals surface area contributed by atoms with Gasteiger partial charge < -0.3 is 55.9 Å². The molecule has 3 fully saturated rings. The van der Waals surface area contributed by atoms with Gasteiger partial charge in [-0.3, -0.25) is 0 Å². The molecular formula is C72H63B6Cl6F9O12. The molecule has 546 valence electrons. The number of fused-ring (bicyclic) bond motifs is 3. The van der Waals surface area contributed by atoms with Gasteiger partial charge in [0, 0.05) is 46.5 Å². The molecule has 15 rings (SSSR count). The van der Waals surface area contributed by atoms with Gasteiger partial charge in [-0.2, -0.15) is 39.5 Å². The first-order chi connectivity index (χ1) is 49.9. The SMILES string of the molecule is CCC1COB(c2cc(C)cc(C(F)(F)F)c2)O1.CCC1COB(c2cc(Cl)cc(Cl)c2)O1.CCC1COB(c2cc(Cl)cc(Cl)c2)O1.Cc1cc(B2Oc3ccccc3O2)cc(C(F)(F)F)c1.Cc1cc(B2Oc3ccccc3O2)cc(C(F)(F)F)c1.Clc1cc(Cl)cc(B2Oc3ccccc3O2)c1. The van der Waals surface area contributed by atoms with Gasteiger partial charge in [-0.25, -0.2) is 0 Å². The van der Waals surface area contributed by atoms with E-state index in [1.807, 2.05) is 55.5 Å². The molecule has 0 aliphatic carbocycles. The van der Waals surface area contributed by atoms with E-state index in [9.17, 15) is 39.5 Å². The van der Waals surface area contributed by atoms with Gasteiger partial charge in [0.05, 0.1) is 54.8 Å². The van der Waals surface area contributed by atoms with Crippen LogP contribution < -0.4 is 60.7 Å². The number of aryl methyl sites for hydroxylation is 3. The first-order valence-corrected chi connectivity index (χ1v) is 35.2. The molecule has 0 saturated carbocycles. The second-order valence-electron chi connectivity index (χ2n) is 24.5. The largest absolute Gasteiger partial charge is 0.632 e. The van der Waals surface area contributed by atoms with E-state index < -0.39 is 63.7 Å². The lowest BCUT2D eigenvalue weighted by molar-refractivity contribution is -0.138. The molecule has 0 amide bonds. The van der Waals surface area contributed by atoms with Crippen molar-refractivity contribution >= 4 is 145 Å². The summed E-state index contributed by atoms with van der Waals surface area (Å²) < 4.78 is 182. The Kier molecular flexibility index (Phi) is 27.5. The Morgan fingerprint density at radius 2 is 0.495 bits per heavy atom. The standard InChI is InChI=1S/2C14H10BF3O2.C12H7BCl2O2.C12H14BF3O2.2C10H11BCl2O2/c2*1-9-6-10(14(16,17)18)8-11(7-9)15-19-12-4-2-3-5-13(12)20-15;14-9-5-8(6-10(15)7-9)13-16-11-3-1-2-4-12(11)17-13;1-3-11-7-17-13(18-11)10-5-8(2)4-9(6-10)12(14,15)16;2*1-2-10-6-14-11(15-10)7-3-8(12)5-9(13)4-7/h2*2-8H,1H3;1-7H;4-6,11H,3,7H2,1-2H3;2*3-5,10H,2,6H2,1H3. The van der Waals surface area contributed by atoms with Crippen molar-refractivity contribution in [1.29, 1.82) is 0 Å². The van der Waals surface area contributed by atoms with Gasteiger partial charge in [0.15, 0.2) is 0 Å². The average molecular weight is 1570 g/mol. The number of rotatable bonds is 9. The number of para-hydroxylation sites is 6. The maximum Gasteiger partial charge on any atom is 0.632 e. The highest BCUT2D eigenvalue weighted by Gasteiger charge is 2.42. The Bertz CT molecular complexity index is 4140. The van der Waals surface area contributed by atoms with Crippen molar-refractivity contribution in [3.8, 4) is 34.5 Å². The average Bonchev–Trinajstić information content (AvgIpc) is 1.72. The fraction of sp³-hybridized carbons (Fsp3) is 0.250. The normalized spacial score (nSPS) is 16.8. The molecule has 33 heteroatoms. The van der Waals surface area contributed by atoms with Crippen LogP contribution in [0.15, 0.2) is 182 Å². The summed E-state index contributed by atoms with van der Waals surface area (Å²) in [5.74, 6) is 3.60. The Balaban J connectivity index is 0.000000136. The summed E-state index contributed by atoms with van der Waals surface area (Å²) in [5.41, 5.74) is 3.21. The molecule has 6 aliphatic heterocycles. The van der Waals surface area contributed by atoms with Crippen LogP contribution in [0.4, 0.5) is 39.5 Å². The van der Waals surface area contributed by atoms with Crippen LogP contribution in [0.5, 0.6) is 34.5 Å². The summed E-state index contributed by atoms with van der Waals surface area (Å²) >= 11 is 35.5. The monoisotopic (exact) mass is 1570 g/mol. The highest BCUT2D eigenvalue weighted by Crippen LogP contribution is 2.38. The first-order valence-electron chi connectivity index (χ1n) is 32.9. The predicted molar refractivity (Wildman–Crippen MR) is 397 cm³/mol. The maximum atomic E-state index is 12.8. The van der Waals surface area contributed by atoms with Gasteiger partial charge in [-0.1, -0.05) is 168 Å². The fourth-order valence-corrected chi connectivity index (χ4v) is 12.7. The summed E-state index contributed by atoms with van der Waals surface area (Å²) in [5, 5.41) is 3.54. The molecule has 3 saturated heterocycles. The predicted octanol–water partition coefficient (Wildman–Crippen LogP) is 17.1. The molecule has 3 atom stereocenters. The van der Waals surface area contributed by atoms with Gasteiger partial charge in [-0.15, -0.1) is 0 Å². The smallest absolute Gasteiger partial charge is 0.519 e. The molecule has 0 bridgehead atoms. The summed E-state index contributed by atoms with van der Waals surface area (Å²) in [7, 11) is -3.50. The maximum absolute atomic E-state index is 12.8. The van der Waals surface area contributed by atoms with Gasteiger partial charge in [0.2, 0.25) is 0 Å². The number of alkyl halides is 9. The van der Waals surface area contributed by atoms with Crippen LogP contribution in [-0.4, -0.2) is 80.8 Å². The highest BCUT2D eigenvalue weighted by atomic mass is 35.5. The molecular weight excluding hydrogens is 1510 g/mol. The third kappa shape index (κ3) is 22.6. The van der Waals surface area contributed by atoms with Gasteiger partial charge >= 0.3 is 61.2 Å². The molecule has 0 N–H and O–H groups in total. The van der Waals surface area contributed by atoms with Crippen molar-refractivity contribution in [2.45, 2.75) is 97.6 Å². The van der Waals surface area contributed by atoms with Gasteiger partial charge in [-0.05, 0) is 178 Å². The van der Waals surface area contributed by atoms with E-state index >= 15 is 0 Å². The Labute approximate surface area is 633 Å². The van der Waals surface area contributed by atoms with Crippen LogP contribution in [0.25, 0.3) is 0 Å². The van der Waals surface area contributed by atoms with Crippen LogP contribution in [0, 0.1) is 20.8 Å². The number of halogens is 15. The highest BCUT2D eigenvalue weighted by molar-refractivity contribution is 6.66. The minimum absolute atomic E-state index is 0.0372. The van der Waals surface area contributed by atoms with E-state index in [1.54, 1.807) is 118 Å². The van der Waals surface area contributed by atoms with Crippen LogP contribution in [0.1, 0.15) is 73.4 Å². The second-order valence-corrected chi connectivity index (χ2v) is 27.2. The quantitative estimate of drug-likeness (QED) is 0.101. The number of hydrogen-bond donors (Lipinski definition) is 0. The fourth-order valence-electron chi connectivity index (χ4n) is 11.1. The van der Waals surface area contributed by atoms with Gasteiger partial charge in [0.25, 0.3) is 0 Å². The van der Waals surface area contributed by atoms with Crippen molar-refractivity contribution in [1.82, 2.24) is 0 Å². The second kappa shape index (κ2) is 35.8. The first kappa shape index (κ1) is 80.6. The van der Waals surface area contributed by atoms with Crippen molar-refractivity contribution in [2.75, 3.05) is 19.8 Å². The van der Waals surface area contributed by atoms with Crippen molar-refractivity contribution in [3.05, 3.63) is 246 Å². The molecule has 0 spiro atoms. The molecule has 3 unspecified atom stereocenters. The lowest BCUT2D eigenvalue weighted by atomic mass is 9.77. The zero-order chi connectivity index (χ0) is 75.5. The van der Waals surface area contributed by atoms with E-state index in [0.717, 1.165) is 83.5 Å². The van der Waals surface area contributed by atoms with E-state index in [1.165, 1.54) is 0 Å². The van der Waals surface area contributed by atoms with Crippen molar-refractivity contribution in [2.24, 2.45) is 0 Å².